The van der Waals surface area contributed by atoms with E-state index in [4.69, 9.17) is 4.74 Å². The van der Waals surface area contributed by atoms with E-state index in [-0.39, 0.29) is 5.91 Å². The number of amides is 1. The fraction of sp³-hybridized carbons (Fsp3) is 0.400. The lowest BCUT2D eigenvalue weighted by Gasteiger charge is -2.17. The molecule has 1 aromatic carbocycles. The summed E-state index contributed by atoms with van der Waals surface area (Å²) in [5.74, 6) is 0.920. The first kappa shape index (κ1) is 15.2. The SMILES string of the molecule is C=CCNCC(=O)N(C)Cc1ccc(OCC)cc1. The molecule has 0 bridgehead atoms. The van der Waals surface area contributed by atoms with Gasteiger partial charge in [-0.25, -0.2) is 0 Å². The molecule has 0 aliphatic heterocycles. The summed E-state index contributed by atoms with van der Waals surface area (Å²) in [6.45, 7) is 7.78. The molecule has 104 valence electrons. The van der Waals surface area contributed by atoms with E-state index >= 15 is 0 Å². The zero-order valence-electron chi connectivity index (χ0n) is 11.7. The molecule has 4 nitrogen and oxygen atoms in total. The fourth-order valence-electron chi connectivity index (χ4n) is 1.64. The summed E-state index contributed by atoms with van der Waals surface area (Å²) >= 11 is 0. The number of benzene rings is 1. The third kappa shape index (κ3) is 5.57. The Balaban J connectivity index is 2.44. The minimum absolute atomic E-state index is 0.0655. The summed E-state index contributed by atoms with van der Waals surface area (Å²) in [7, 11) is 1.80. The predicted octanol–water partition coefficient (Wildman–Crippen LogP) is 1.82. The van der Waals surface area contributed by atoms with E-state index in [0.29, 0.717) is 26.2 Å². The van der Waals surface area contributed by atoms with Gasteiger partial charge >= 0.3 is 0 Å². The molecule has 0 saturated heterocycles. The van der Waals surface area contributed by atoms with Gasteiger partial charge in [0.1, 0.15) is 5.75 Å². The summed E-state index contributed by atoms with van der Waals surface area (Å²) < 4.78 is 5.38. The first-order valence-electron chi connectivity index (χ1n) is 6.44. The Morgan fingerprint density at radius 1 is 1.42 bits per heavy atom. The molecule has 0 saturated carbocycles. The number of carbonyl (C=O) groups excluding carboxylic acids is 1. The maximum Gasteiger partial charge on any atom is 0.236 e. The van der Waals surface area contributed by atoms with Crippen LogP contribution in [0.3, 0.4) is 0 Å². The molecule has 19 heavy (non-hydrogen) atoms. The first-order valence-corrected chi connectivity index (χ1v) is 6.44. The molecule has 0 radical (unpaired) electrons. The van der Waals surface area contributed by atoms with Crippen LogP contribution in [0.4, 0.5) is 0 Å². The van der Waals surface area contributed by atoms with Gasteiger partial charge in [-0.15, -0.1) is 6.58 Å². The average Bonchev–Trinajstić information content (AvgIpc) is 2.41. The van der Waals surface area contributed by atoms with Gasteiger partial charge in [0, 0.05) is 20.1 Å². The van der Waals surface area contributed by atoms with Gasteiger partial charge in [0.15, 0.2) is 0 Å². The first-order chi connectivity index (χ1) is 9.17. The molecule has 1 N–H and O–H groups in total. The molecule has 0 spiro atoms. The van der Waals surface area contributed by atoms with Crippen molar-refractivity contribution in [1.82, 2.24) is 10.2 Å². The highest BCUT2D eigenvalue weighted by atomic mass is 16.5. The van der Waals surface area contributed by atoms with Crippen molar-refractivity contribution in [2.75, 3.05) is 26.7 Å². The molecule has 0 aliphatic rings. The van der Waals surface area contributed by atoms with Crippen LogP contribution in [-0.4, -0.2) is 37.6 Å². The van der Waals surface area contributed by atoms with Crippen LogP contribution >= 0.6 is 0 Å². The summed E-state index contributed by atoms with van der Waals surface area (Å²) in [5.41, 5.74) is 1.09. The van der Waals surface area contributed by atoms with Crippen molar-refractivity contribution in [1.29, 1.82) is 0 Å². The summed E-state index contributed by atoms with van der Waals surface area (Å²) in [6.07, 6.45) is 1.74. The molecule has 0 heterocycles. The number of likely N-dealkylation sites (N-methyl/N-ethyl adjacent to an activating group) is 1. The predicted molar refractivity (Wildman–Crippen MR) is 77.2 cm³/mol. The molecule has 1 rings (SSSR count). The molecular formula is C15H22N2O2. The number of nitrogens with one attached hydrogen (secondary N) is 1. The molecule has 0 aromatic heterocycles. The third-order valence-corrected chi connectivity index (χ3v) is 2.64. The van der Waals surface area contributed by atoms with Crippen LogP contribution in [0.15, 0.2) is 36.9 Å². The van der Waals surface area contributed by atoms with Gasteiger partial charge in [-0.3, -0.25) is 4.79 Å². The highest BCUT2D eigenvalue weighted by molar-refractivity contribution is 5.77. The Kier molecular flexibility index (Phi) is 6.68. The van der Waals surface area contributed by atoms with Gasteiger partial charge in [0.2, 0.25) is 5.91 Å². The smallest absolute Gasteiger partial charge is 0.236 e. The van der Waals surface area contributed by atoms with Crippen molar-refractivity contribution in [2.24, 2.45) is 0 Å². The highest BCUT2D eigenvalue weighted by Crippen LogP contribution is 2.13. The number of ether oxygens (including phenoxy) is 1. The lowest BCUT2D eigenvalue weighted by molar-refractivity contribution is -0.129. The van der Waals surface area contributed by atoms with Gasteiger partial charge in [-0.1, -0.05) is 18.2 Å². The Bertz CT molecular complexity index is 401. The molecule has 1 amide bonds. The van der Waals surface area contributed by atoms with Crippen molar-refractivity contribution in [3.63, 3.8) is 0 Å². The van der Waals surface area contributed by atoms with E-state index in [1.165, 1.54) is 0 Å². The molecular weight excluding hydrogens is 240 g/mol. The van der Waals surface area contributed by atoms with Crippen molar-refractivity contribution in [2.45, 2.75) is 13.5 Å². The van der Waals surface area contributed by atoms with Gasteiger partial charge < -0.3 is 15.0 Å². The molecule has 4 heteroatoms. The summed E-state index contributed by atoms with van der Waals surface area (Å²) in [5, 5.41) is 3.00. The van der Waals surface area contributed by atoms with Crippen LogP contribution in [0.1, 0.15) is 12.5 Å². The van der Waals surface area contributed by atoms with Crippen molar-refractivity contribution in [3.05, 3.63) is 42.5 Å². The van der Waals surface area contributed by atoms with Crippen LogP contribution < -0.4 is 10.1 Å². The number of hydrogen-bond acceptors (Lipinski definition) is 3. The fourth-order valence-corrected chi connectivity index (χ4v) is 1.64. The van der Waals surface area contributed by atoms with Gasteiger partial charge in [-0.2, -0.15) is 0 Å². The third-order valence-electron chi connectivity index (χ3n) is 2.64. The second-order valence-corrected chi connectivity index (χ2v) is 4.25. The van der Waals surface area contributed by atoms with E-state index in [1.54, 1.807) is 18.0 Å². The average molecular weight is 262 g/mol. The topological polar surface area (TPSA) is 41.6 Å². The van der Waals surface area contributed by atoms with E-state index in [0.717, 1.165) is 11.3 Å². The van der Waals surface area contributed by atoms with Crippen molar-refractivity contribution < 1.29 is 9.53 Å². The number of hydrogen-bond donors (Lipinski definition) is 1. The Morgan fingerprint density at radius 2 is 2.11 bits per heavy atom. The molecule has 0 aliphatic carbocycles. The zero-order valence-corrected chi connectivity index (χ0v) is 11.7. The number of carbonyl (C=O) groups is 1. The van der Waals surface area contributed by atoms with Crippen LogP contribution in [0.2, 0.25) is 0 Å². The standard InChI is InChI=1S/C15H22N2O2/c1-4-10-16-11-15(18)17(3)12-13-6-8-14(9-7-13)19-5-2/h4,6-9,16H,1,5,10-12H2,2-3H3. The zero-order chi connectivity index (χ0) is 14.1. The Labute approximate surface area is 115 Å². The molecule has 0 atom stereocenters. The van der Waals surface area contributed by atoms with Crippen LogP contribution in [-0.2, 0) is 11.3 Å². The van der Waals surface area contributed by atoms with Gasteiger partial charge in [-0.05, 0) is 24.6 Å². The summed E-state index contributed by atoms with van der Waals surface area (Å²) in [4.78, 5) is 13.5. The Morgan fingerprint density at radius 3 is 2.68 bits per heavy atom. The maximum absolute atomic E-state index is 11.8. The molecule has 0 unspecified atom stereocenters. The van der Waals surface area contributed by atoms with E-state index in [9.17, 15) is 4.79 Å². The number of rotatable bonds is 8. The monoisotopic (exact) mass is 262 g/mol. The van der Waals surface area contributed by atoms with E-state index in [1.807, 2.05) is 31.2 Å². The molecule has 1 aromatic rings. The van der Waals surface area contributed by atoms with Crippen LogP contribution in [0.25, 0.3) is 0 Å². The van der Waals surface area contributed by atoms with Crippen LogP contribution in [0.5, 0.6) is 5.75 Å². The minimum atomic E-state index is 0.0655. The second-order valence-electron chi connectivity index (χ2n) is 4.25. The minimum Gasteiger partial charge on any atom is -0.494 e. The largest absolute Gasteiger partial charge is 0.494 e. The van der Waals surface area contributed by atoms with Gasteiger partial charge in [0.05, 0.1) is 13.2 Å². The highest BCUT2D eigenvalue weighted by Gasteiger charge is 2.08. The molecule has 0 fully saturated rings. The van der Waals surface area contributed by atoms with Crippen molar-refractivity contribution in [3.8, 4) is 5.75 Å². The van der Waals surface area contributed by atoms with Gasteiger partial charge in [0.25, 0.3) is 0 Å². The lowest BCUT2D eigenvalue weighted by atomic mass is 10.2. The second kappa shape index (κ2) is 8.32. The van der Waals surface area contributed by atoms with Crippen LogP contribution in [0, 0.1) is 0 Å². The lowest BCUT2D eigenvalue weighted by Crippen LogP contribution is -2.35. The quantitative estimate of drug-likeness (QED) is 0.574. The van der Waals surface area contributed by atoms with Crippen molar-refractivity contribution >= 4 is 5.91 Å². The Hall–Kier alpha value is -1.81. The maximum atomic E-state index is 11.8. The normalized spacial score (nSPS) is 10.0. The van der Waals surface area contributed by atoms with E-state index < -0.39 is 0 Å². The summed E-state index contributed by atoms with van der Waals surface area (Å²) in [6, 6.07) is 7.80. The van der Waals surface area contributed by atoms with E-state index in [2.05, 4.69) is 11.9 Å². The number of nitrogens with zero attached hydrogens (tertiary/aromatic N) is 1.